The van der Waals surface area contributed by atoms with Gasteiger partial charge in [0.15, 0.2) is 5.75 Å². The second-order valence-electron chi connectivity index (χ2n) is 8.03. The van der Waals surface area contributed by atoms with Gasteiger partial charge in [0.25, 0.3) is 0 Å². The Hall–Kier alpha value is -2.58. The van der Waals surface area contributed by atoms with Crippen LogP contribution in [0.5, 0.6) is 11.5 Å². The van der Waals surface area contributed by atoms with Gasteiger partial charge in [0.2, 0.25) is 10.0 Å². The average Bonchev–Trinajstić information content (AvgIpc) is 2.87. The Morgan fingerprint density at radius 3 is 2.00 bits per heavy atom. The summed E-state index contributed by atoms with van der Waals surface area (Å²) in [6.07, 6.45) is 6.49. The Balaban J connectivity index is 0.00000156. The number of hydrogen-bond donors (Lipinski definition) is 2. The maximum atomic E-state index is 13.2. The van der Waals surface area contributed by atoms with E-state index in [-0.39, 0.29) is 16.2 Å². The normalized spacial score (nSPS) is 10.6. The highest BCUT2D eigenvalue weighted by atomic mass is 32.2. The molecule has 0 aromatic heterocycles. The molecule has 204 valence electrons. The molecule has 0 radical (unpaired) electrons. The third-order valence-corrected chi connectivity index (χ3v) is 6.91. The summed E-state index contributed by atoms with van der Waals surface area (Å²) in [4.78, 5) is 11.5. The fourth-order valence-corrected chi connectivity index (χ4v) is 4.54. The number of rotatable bonds is 13. The molecule has 2 aromatic rings. The second-order valence-corrected chi connectivity index (χ2v) is 10.0. The number of unbranched alkanes of at least 4 members (excludes halogenated alkanes) is 3. The molecule has 7 nitrogen and oxygen atoms in total. The van der Waals surface area contributed by atoms with E-state index in [1.807, 2.05) is 33.8 Å². The van der Waals surface area contributed by atoms with Crippen molar-refractivity contribution in [3.8, 4) is 11.5 Å². The highest BCUT2D eigenvalue weighted by Gasteiger charge is 2.29. The van der Waals surface area contributed by atoms with Crippen LogP contribution in [-0.4, -0.2) is 43.9 Å². The van der Waals surface area contributed by atoms with Crippen LogP contribution in [-0.2, 0) is 10.0 Å². The molecule has 8 heteroatoms. The van der Waals surface area contributed by atoms with Crippen molar-refractivity contribution in [2.45, 2.75) is 85.0 Å². The van der Waals surface area contributed by atoms with Crippen molar-refractivity contribution in [1.82, 2.24) is 4.31 Å². The SMILES string of the molecule is CC.CCCCC.CCCCNc1cc(C(=O)O)cc(S(=O)(=O)N(C)CCC)c1Oc1ccccc1. The number of hydrogen-bond acceptors (Lipinski definition) is 5. The summed E-state index contributed by atoms with van der Waals surface area (Å²) >= 11 is 0. The number of sulfonamides is 1. The summed E-state index contributed by atoms with van der Waals surface area (Å²) in [6, 6.07) is 11.4. The number of para-hydroxylation sites is 1. The van der Waals surface area contributed by atoms with Crippen LogP contribution in [0.15, 0.2) is 47.4 Å². The monoisotopic (exact) mass is 522 g/mol. The first kappa shape index (κ1) is 33.4. The van der Waals surface area contributed by atoms with Crippen LogP contribution in [0.4, 0.5) is 5.69 Å². The number of nitrogens with one attached hydrogen (secondary N) is 1. The van der Waals surface area contributed by atoms with Crippen LogP contribution in [0.3, 0.4) is 0 Å². The van der Waals surface area contributed by atoms with Gasteiger partial charge < -0.3 is 15.2 Å². The van der Waals surface area contributed by atoms with Gasteiger partial charge in [-0.15, -0.1) is 0 Å². The van der Waals surface area contributed by atoms with E-state index in [1.165, 1.54) is 36.7 Å². The summed E-state index contributed by atoms with van der Waals surface area (Å²) < 4.78 is 33.6. The van der Waals surface area contributed by atoms with E-state index in [9.17, 15) is 18.3 Å². The van der Waals surface area contributed by atoms with Crippen LogP contribution in [0.25, 0.3) is 0 Å². The Morgan fingerprint density at radius 1 is 0.944 bits per heavy atom. The molecule has 0 aliphatic heterocycles. The maximum Gasteiger partial charge on any atom is 0.335 e. The lowest BCUT2D eigenvalue weighted by Gasteiger charge is -2.22. The summed E-state index contributed by atoms with van der Waals surface area (Å²) in [7, 11) is -2.48. The minimum absolute atomic E-state index is 0.0975. The summed E-state index contributed by atoms with van der Waals surface area (Å²) in [5.41, 5.74) is 0.221. The first-order valence-electron chi connectivity index (χ1n) is 13.1. The zero-order chi connectivity index (χ0) is 27.6. The predicted octanol–water partition coefficient (Wildman–Crippen LogP) is 7.64. The van der Waals surface area contributed by atoms with Crippen LogP contribution in [0.1, 0.15) is 90.4 Å². The molecule has 2 rings (SSSR count). The molecule has 0 heterocycles. The van der Waals surface area contributed by atoms with Gasteiger partial charge in [-0.05, 0) is 37.1 Å². The van der Waals surface area contributed by atoms with Gasteiger partial charge in [-0.1, -0.05) is 85.4 Å². The molecule has 0 saturated heterocycles. The smallest absolute Gasteiger partial charge is 0.335 e. The van der Waals surface area contributed by atoms with Gasteiger partial charge >= 0.3 is 5.97 Å². The van der Waals surface area contributed by atoms with Crippen molar-refractivity contribution in [2.75, 3.05) is 25.5 Å². The molecule has 0 aliphatic rings. The van der Waals surface area contributed by atoms with Crippen molar-refractivity contribution in [3.63, 3.8) is 0 Å². The van der Waals surface area contributed by atoms with E-state index in [0.29, 0.717) is 30.9 Å². The minimum atomic E-state index is -3.96. The van der Waals surface area contributed by atoms with Crippen molar-refractivity contribution in [1.29, 1.82) is 0 Å². The van der Waals surface area contributed by atoms with Gasteiger partial charge in [0.05, 0.1) is 11.3 Å². The molecule has 0 amide bonds. The quantitative estimate of drug-likeness (QED) is 0.262. The third kappa shape index (κ3) is 11.0. The lowest BCUT2D eigenvalue weighted by molar-refractivity contribution is 0.0696. The minimum Gasteiger partial charge on any atom is -0.478 e. The molecule has 2 N–H and O–H groups in total. The molecule has 0 unspecified atom stereocenters. The van der Waals surface area contributed by atoms with Crippen LogP contribution >= 0.6 is 0 Å². The lowest BCUT2D eigenvalue weighted by Crippen LogP contribution is -2.28. The second kappa shape index (κ2) is 18.7. The van der Waals surface area contributed by atoms with E-state index in [0.717, 1.165) is 18.9 Å². The van der Waals surface area contributed by atoms with Crippen molar-refractivity contribution in [3.05, 3.63) is 48.0 Å². The Labute approximate surface area is 218 Å². The standard InChI is InChI=1S/C21H28N2O5S.C5H12.C2H6/c1-4-6-12-22-18-14-16(21(24)25)15-19(29(26,27)23(3)13-5-2)20(18)28-17-10-8-7-9-11-17;1-3-5-4-2;1-2/h7-11,14-15,22H,4-6,12-13H2,1-3H3,(H,24,25);3-5H2,1-2H3;1-2H3. The van der Waals surface area contributed by atoms with Gasteiger partial charge in [0.1, 0.15) is 10.6 Å². The van der Waals surface area contributed by atoms with Crippen molar-refractivity contribution >= 4 is 21.7 Å². The molecular formula is C28H46N2O5S. The molecule has 0 saturated carbocycles. The number of aromatic carboxylic acids is 1. The number of carboxylic acid groups (broad SMARTS) is 1. The van der Waals surface area contributed by atoms with Crippen LogP contribution < -0.4 is 10.1 Å². The fraction of sp³-hybridized carbons (Fsp3) is 0.536. The fourth-order valence-electron chi connectivity index (χ4n) is 3.12. The molecule has 0 atom stereocenters. The van der Waals surface area contributed by atoms with E-state index < -0.39 is 16.0 Å². The van der Waals surface area contributed by atoms with E-state index in [1.54, 1.807) is 24.3 Å². The molecule has 0 aliphatic carbocycles. The van der Waals surface area contributed by atoms with Crippen LogP contribution in [0, 0.1) is 0 Å². The first-order chi connectivity index (χ1) is 17.2. The van der Waals surface area contributed by atoms with Crippen molar-refractivity contribution in [2.24, 2.45) is 0 Å². The van der Waals surface area contributed by atoms with Gasteiger partial charge in [-0.25, -0.2) is 17.5 Å². The summed E-state index contributed by atoms with van der Waals surface area (Å²) in [6.45, 7) is 13.2. The maximum absolute atomic E-state index is 13.2. The van der Waals surface area contributed by atoms with E-state index in [2.05, 4.69) is 19.2 Å². The highest BCUT2D eigenvalue weighted by Crippen LogP contribution is 2.38. The number of nitrogens with zero attached hydrogens (tertiary/aromatic N) is 1. The molecular weight excluding hydrogens is 476 g/mol. The first-order valence-corrected chi connectivity index (χ1v) is 14.5. The number of benzene rings is 2. The van der Waals surface area contributed by atoms with Crippen molar-refractivity contribution < 1.29 is 23.1 Å². The average molecular weight is 523 g/mol. The van der Waals surface area contributed by atoms with Gasteiger partial charge in [-0.3, -0.25) is 0 Å². The van der Waals surface area contributed by atoms with Gasteiger partial charge in [-0.2, -0.15) is 0 Å². The highest BCUT2D eigenvalue weighted by molar-refractivity contribution is 7.89. The zero-order valence-electron chi connectivity index (χ0n) is 23.1. The molecule has 0 spiro atoms. The number of carboxylic acids is 1. The number of anilines is 1. The summed E-state index contributed by atoms with van der Waals surface area (Å²) in [5.74, 6) is -0.645. The molecule has 36 heavy (non-hydrogen) atoms. The zero-order valence-corrected chi connectivity index (χ0v) is 24.0. The lowest BCUT2D eigenvalue weighted by atomic mass is 10.1. The predicted molar refractivity (Wildman–Crippen MR) is 150 cm³/mol. The van der Waals surface area contributed by atoms with E-state index in [4.69, 9.17) is 4.74 Å². The molecule has 0 fully saturated rings. The number of ether oxygens (including phenoxy) is 1. The Bertz CT molecular complexity index is 977. The van der Waals surface area contributed by atoms with E-state index >= 15 is 0 Å². The Morgan fingerprint density at radius 2 is 1.53 bits per heavy atom. The number of carbonyl (C=O) groups is 1. The Kier molecular flexibility index (Phi) is 17.3. The largest absolute Gasteiger partial charge is 0.478 e. The van der Waals surface area contributed by atoms with Crippen LogP contribution in [0.2, 0.25) is 0 Å². The third-order valence-electron chi connectivity index (χ3n) is 5.04. The molecule has 0 bridgehead atoms. The molecule has 2 aromatic carbocycles. The summed E-state index contributed by atoms with van der Waals surface area (Å²) in [5, 5.41) is 12.7. The topological polar surface area (TPSA) is 95.9 Å². The van der Waals surface area contributed by atoms with Gasteiger partial charge in [0, 0.05) is 20.1 Å².